The summed E-state index contributed by atoms with van der Waals surface area (Å²) in [5, 5.41) is 8.77. The number of rotatable bonds is 5. The molecule has 0 heterocycles. The lowest BCUT2D eigenvalue weighted by Gasteiger charge is -2.12. The van der Waals surface area contributed by atoms with Gasteiger partial charge in [-0.25, -0.2) is 4.79 Å². The van der Waals surface area contributed by atoms with E-state index >= 15 is 0 Å². The highest BCUT2D eigenvalue weighted by atomic mass is 16.5. The van der Waals surface area contributed by atoms with Crippen LogP contribution < -0.4 is 4.74 Å². The van der Waals surface area contributed by atoms with Crippen LogP contribution in [0.1, 0.15) is 23.7 Å². The van der Waals surface area contributed by atoms with Crippen LogP contribution in [0.25, 0.3) is 0 Å². The number of carbonyl (C=O) groups excluding carboxylic acids is 1. The van der Waals surface area contributed by atoms with Crippen LogP contribution in [0, 0.1) is 0 Å². The largest absolute Gasteiger partial charge is 0.479 e. The molecule has 1 N–H and O–H groups in total. The Bertz CT molecular complexity index is 359. The first-order valence-corrected chi connectivity index (χ1v) is 4.62. The number of carbonyl (C=O) groups is 2. The van der Waals surface area contributed by atoms with Gasteiger partial charge in [0.25, 0.3) is 0 Å². The zero-order valence-electron chi connectivity index (χ0n) is 8.34. The minimum absolute atomic E-state index is 0.376. The highest BCUT2D eigenvalue weighted by Crippen LogP contribution is 2.15. The third kappa shape index (κ3) is 3.09. The second kappa shape index (κ2) is 5.14. The van der Waals surface area contributed by atoms with Crippen molar-refractivity contribution in [1.82, 2.24) is 0 Å². The van der Waals surface area contributed by atoms with Gasteiger partial charge in [0.05, 0.1) is 0 Å². The van der Waals surface area contributed by atoms with Gasteiger partial charge in [-0.1, -0.05) is 19.1 Å². The van der Waals surface area contributed by atoms with Crippen LogP contribution in [-0.4, -0.2) is 23.5 Å². The molecule has 1 aromatic rings. The monoisotopic (exact) mass is 208 g/mol. The lowest BCUT2D eigenvalue weighted by molar-refractivity contribution is -0.145. The topological polar surface area (TPSA) is 63.6 Å². The van der Waals surface area contributed by atoms with Gasteiger partial charge in [-0.2, -0.15) is 0 Å². The molecular formula is C11H12O4. The van der Waals surface area contributed by atoms with Crippen LogP contribution in [0.4, 0.5) is 0 Å². The second-order valence-electron chi connectivity index (χ2n) is 3.04. The molecule has 4 heteroatoms. The highest BCUT2D eigenvalue weighted by Gasteiger charge is 2.16. The highest BCUT2D eigenvalue weighted by molar-refractivity contribution is 5.76. The molecule has 1 aromatic carbocycles. The third-order valence-electron chi connectivity index (χ3n) is 1.92. The molecular weight excluding hydrogens is 196 g/mol. The first-order valence-electron chi connectivity index (χ1n) is 4.62. The molecule has 0 aliphatic carbocycles. The van der Waals surface area contributed by atoms with E-state index in [1.165, 1.54) is 6.07 Å². The summed E-state index contributed by atoms with van der Waals surface area (Å²) in [4.78, 5) is 21.2. The van der Waals surface area contributed by atoms with Crippen molar-refractivity contribution < 1.29 is 19.4 Å². The molecule has 0 unspecified atom stereocenters. The lowest BCUT2D eigenvalue weighted by atomic mass is 10.2. The molecule has 80 valence electrons. The number of ether oxygens (including phenoxy) is 1. The first-order chi connectivity index (χ1) is 7.17. The minimum Gasteiger partial charge on any atom is -0.479 e. The van der Waals surface area contributed by atoms with Crippen molar-refractivity contribution in [3.05, 3.63) is 29.8 Å². The molecule has 0 saturated heterocycles. The van der Waals surface area contributed by atoms with Crippen LogP contribution in [0.3, 0.4) is 0 Å². The van der Waals surface area contributed by atoms with Gasteiger partial charge in [0, 0.05) is 5.56 Å². The predicted molar refractivity (Wildman–Crippen MR) is 54.2 cm³/mol. The van der Waals surface area contributed by atoms with E-state index in [9.17, 15) is 9.59 Å². The van der Waals surface area contributed by atoms with E-state index in [0.717, 1.165) is 0 Å². The zero-order chi connectivity index (χ0) is 11.3. The van der Waals surface area contributed by atoms with Gasteiger partial charge in [-0.15, -0.1) is 0 Å². The van der Waals surface area contributed by atoms with Crippen molar-refractivity contribution in [1.29, 1.82) is 0 Å². The molecule has 0 bridgehead atoms. The lowest BCUT2D eigenvalue weighted by Crippen LogP contribution is -2.25. The fourth-order valence-electron chi connectivity index (χ4n) is 1.13. The number of hydrogen-bond acceptors (Lipinski definition) is 3. The molecule has 0 spiro atoms. The van der Waals surface area contributed by atoms with Crippen LogP contribution in [0.2, 0.25) is 0 Å². The summed E-state index contributed by atoms with van der Waals surface area (Å²) >= 11 is 0. The van der Waals surface area contributed by atoms with Crippen LogP contribution in [0.15, 0.2) is 24.3 Å². The fraction of sp³-hybridized carbons (Fsp3) is 0.273. The molecule has 1 rings (SSSR count). The summed E-state index contributed by atoms with van der Waals surface area (Å²) in [7, 11) is 0. The molecule has 4 nitrogen and oxygen atoms in total. The average Bonchev–Trinajstić information content (AvgIpc) is 2.25. The molecule has 0 radical (unpaired) electrons. The number of hydrogen-bond donors (Lipinski definition) is 1. The summed E-state index contributed by atoms with van der Waals surface area (Å²) in [5.74, 6) is -0.608. The second-order valence-corrected chi connectivity index (χ2v) is 3.04. The van der Waals surface area contributed by atoms with Gasteiger partial charge in [-0.3, -0.25) is 4.79 Å². The maximum absolute atomic E-state index is 10.7. The predicted octanol–water partition coefficient (Wildman–Crippen LogP) is 1.74. The first kappa shape index (κ1) is 11.2. The number of carboxylic acids is 1. The van der Waals surface area contributed by atoms with E-state index < -0.39 is 12.1 Å². The summed E-state index contributed by atoms with van der Waals surface area (Å²) in [6.07, 6.45) is 0.196. The molecule has 1 atom stereocenters. The fourth-order valence-corrected chi connectivity index (χ4v) is 1.13. The van der Waals surface area contributed by atoms with E-state index in [4.69, 9.17) is 9.84 Å². The minimum atomic E-state index is -1.01. The Labute approximate surface area is 87.5 Å². The van der Waals surface area contributed by atoms with Crippen molar-refractivity contribution in [2.24, 2.45) is 0 Å². The van der Waals surface area contributed by atoms with E-state index in [1.807, 2.05) is 0 Å². The van der Waals surface area contributed by atoms with Crippen LogP contribution in [-0.2, 0) is 4.79 Å². The molecule has 15 heavy (non-hydrogen) atoms. The number of aliphatic carboxylic acids is 1. The maximum atomic E-state index is 10.7. The molecule has 0 fully saturated rings. The third-order valence-corrected chi connectivity index (χ3v) is 1.92. The molecule has 0 amide bonds. The average molecular weight is 208 g/mol. The van der Waals surface area contributed by atoms with Gasteiger partial charge in [0.2, 0.25) is 0 Å². The van der Waals surface area contributed by atoms with Gasteiger partial charge in [0.15, 0.2) is 6.10 Å². The molecule has 0 saturated carbocycles. The van der Waals surface area contributed by atoms with Crippen molar-refractivity contribution in [2.75, 3.05) is 0 Å². The van der Waals surface area contributed by atoms with Crippen molar-refractivity contribution >= 4 is 12.3 Å². The molecule has 0 aromatic heterocycles. The van der Waals surface area contributed by atoms with Crippen molar-refractivity contribution in [3.63, 3.8) is 0 Å². The molecule has 0 aliphatic rings. The van der Waals surface area contributed by atoms with Gasteiger partial charge < -0.3 is 9.84 Å². The summed E-state index contributed by atoms with van der Waals surface area (Å²) in [5.41, 5.74) is 0.466. The Morgan fingerprint density at radius 2 is 2.33 bits per heavy atom. The summed E-state index contributed by atoms with van der Waals surface area (Å²) in [6.45, 7) is 1.72. The maximum Gasteiger partial charge on any atom is 0.344 e. The number of aldehydes is 1. The standard InChI is InChI=1S/C11H12O4/c1-2-10(11(13)14)15-9-5-3-4-8(6-9)7-12/h3-7,10H,2H2,1H3,(H,13,14)/t10-/m1/s1. The Morgan fingerprint density at radius 1 is 1.60 bits per heavy atom. The number of benzene rings is 1. The van der Waals surface area contributed by atoms with E-state index in [-0.39, 0.29) is 0 Å². The summed E-state index contributed by atoms with van der Waals surface area (Å²) < 4.78 is 5.21. The Balaban J connectivity index is 2.78. The Hall–Kier alpha value is -1.84. The van der Waals surface area contributed by atoms with Crippen molar-refractivity contribution in [3.8, 4) is 5.75 Å². The van der Waals surface area contributed by atoms with E-state index in [1.54, 1.807) is 25.1 Å². The normalized spacial score (nSPS) is 11.8. The van der Waals surface area contributed by atoms with Crippen LogP contribution >= 0.6 is 0 Å². The smallest absolute Gasteiger partial charge is 0.344 e. The van der Waals surface area contributed by atoms with E-state index in [0.29, 0.717) is 24.0 Å². The van der Waals surface area contributed by atoms with Crippen molar-refractivity contribution in [2.45, 2.75) is 19.4 Å². The van der Waals surface area contributed by atoms with Gasteiger partial charge in [-0.05, 0) is 18.6 Å². The quantitative estimate of drug-likeness (QED) is 0.748. The zero-order valence-corrected chi connectivity index (χ0v) is 8.34. The molecule has 0 aliphatic heterocycles. The Kier molecular flexibility index (Phi) is 3.85. The van der Waals surface area contributed by atoms with Gasteiger partial charge >= 0.3 is 5.97 Å². The SMILES string of the molecule is CC[C@@H](Oc1cccc(C=O)c1)C(=O)O. The van der Waals surface area contributed by atoms with Gasteiger partial charge in [0.1, 0.15) is 12.0 Å². The Morgan fingerprint density at radius 3 is 2.87 bits per heavy atom. The summed E-state index contributed by atoms with van der Waals surface area (Å²) in [6, 6.07) is 6.41. The number of carboxylic acid groups (broad SMARTS) is 1. The van der Waals surface area contributed by atoms with E-state index in [2.05, 4.69) is 0 Å². The van der Waals surface area contributed by atoms with Crippen LogP contribution in [0.5, 0.6) is 5.75 Å².